The highest BCUT2D eigenvalue weighted by Crippen LogP contribution is 2.24. The maximum Gasteiger partial charge on any atom is 0.323 e. The Morgan fingerprint density at radius 3 is 2.50 bits per heavy atom. The lowest BCUT2D eigenvalue weighted by Crippen LogP contribution is -2.41. The zero-order chi connectivity index (χ0) is 17.5. The molecule has 0 aliphatic rings. The van der Waals surface area contributed by atoms with Crippen LogP contribution in [-0.4, -0.2) is 19.1 Å². The molecule has 0 aliphatic heterocycles. The molecule has 4 heteroatoms. The van der Waals surface area contributed by atoms with Gasteiger partial charge in [0.05, 0.1) is 18.7 Å². The van der Waals surface area contributed by atoms with Crippen LogP contribution in [0.5, 0.6) is 0 Å². The van der Waals surface area contributed by atoms with Gasteiger partial charge in [0.1, 0.15) is 6.04 Å². The van der Waals surface area contributed by atoms with E-state index in [0.29, 0.717) is 12.1 Å². The third-order valence-electron chi connectivity index (χ3n) is 3.94. The molecule has 1 unspecified atom stereocenters. The lowest BCUT2D eigenvalue weighted by molar-refractivity contribution is -0.144. The Bertz CT molecular complexity index is 733. The summed E-state index contributed by atoms with van der Waals surface area (Å²) in [4.78, 5) is 11.8. The van der Waals surface area contributed by atoms with Gasteiger partial charge in [-0.1, -0.05) is 56.3 Å². The predicted molar refractivity (Wildman–Crippen MR) is 94.1 cm³/mol. The molecule has 0 saturated carbocycles. The fourth-order valence-corrected chi connectivity index (χ4v) is 2.61. The van der Waals surface area contributed by atoms with E-state index in [1.807, 2.05) is 62.4 Å². The van der Waals surface area contributed by atoms with Crippen LogP contribution in [0.25, 0.3) is 11.1 Å². The number of nitriles is 1. The van der Waals surface area contributed by atoms with E-state index in [2.05, 4.69) is 11.4 Å². The number of hydrogen-bond donors (Lipinski definition) is 1. The van der Waals surface area contributed by atoms with Crippen LogP contribution in [0, 0.1) is 17.2 Å². The molecule has 0 spiro atoms. The largest absolute Gasteiger partial charge is 0.468 e. The van der Waals surface area contributed by atoms with E-state index < -0.39 is 0 Å². The predicted octanol–water partition coefficient (Wildman–Crippen LogP) is 3.51. The van der Waals surface area contributed by atoms with Crippen molar-refractivity contribution in [2.45, 2.75) is 26.4 Å². The summed E-state index contributed by atoms with van der Waals surface area (Å²) in [5, 5.41) is 12.7. The standard InChI is InChI=1S/C20H22N2O2/c1-14(2)19(20(23)24-3)22-13-15-9-10-18(17(11-15)12-21)16-7-5-4-6-8-16/h4-11,14,19,22H,13H2,1-3H3. The minimum absolute atomic E-state index is 0.122. The highest BCUT2D eigenvalue weighted by atomic mass is 16.5. The second-order valence-corrected chi connectivity index (χ2v) is 5.98. The Balaban J connectivity index is 2.18. The maximum absolute atomic E-state index is 11.8. The van der Waals surface area contributed by atoms with Crippen molar-refractivity contribution in [2.75, 3.05) is 7.11 Å². The third kappa shape index (κ3) is 4.21. The number of methoxy groups -OCH3 is 1. The highest BCUT2D eigenvalue weighted by Gasteiger charge is 2.22. The quantitative estimate of drug-likeness (QED) is 0.827. The molecule has 0 aliphatic carbocycles. The van der Waals surface area contributed by atoms with E-state index in [-0.39, 0.29) is 17.9 Å². The van der Waals surface area contributed by atoms with Gasteiger partial charge < -0.3 is 10.1 Å². The molecule has 124 valence electrons. The first-order valence-electron chi connectivity index (χ1n) is 7.96. The van der Waals surface area contributed by atoms with Crippen LogP contribution in [0.2, 0.25) is 0 Å². The van der Waals surface area contributed by atoms with Crippen molar-refractivity contribution in [1.29, 1.82) is 5.26 Å². The third-order valence-corrected chi connectivity index (χ3v) is 3.94. The number of benzene rings is 2. The van der Waals surface area contributed by atoms with Crippen molar-refractivity contribution in [3.05, 3.63) is 59.7 Å². The van der Waals surface area contributed by atoms with Gasteiger partial charge in [-0.3, -0.25) is 4.79 Å². The molecule has 24 heavy (non-hydrogen) atoms. The van der Waals surface area contributed by atoms with Crippen LogP contribution < -0.4 is 5.32 Å². The van der Waals surface area contributed by atoms with Crippen LogP contribution in [0.1, 0.15) is 25.0 Å². The lowest BCUT2D eigenvalue weighted by atomic mass is 9.98. The molecule has 0 saturated heterocycles. The summed E-state index contributed by atoms with van der Waals surface area (Å²) in [5.41, 5.74) is 3.51. The summed E-state index contributed by atoms with van der Waals surface area (Å²) in [5.74, 6) is -0.150. The number of rotatable bonds is 6. The lowest BCUT2D eigenvalue weighted by Gasteiger charge is -2.20. The summed E-state index contributed by atoms with van der Waals surface area (Å²) in [7, 11) is 1.39. The Morgan fingerprint density at radius 2 is 1.92 bits per heavy atom. The maximum atomic E-state index is 11.8. The van der Waals surface area contributed by atoms with Gasteiger partial charge in [-0.25, -0.2) is 0 Å². The molecule has 0 heterocycles. The Kier molecular flexibility index (Phi) is 6.11. The van der Waals surface area contributed by atoms with Gasteiger partial charge in [0, 0.05) is 6.54 Å². The second kappa shape index (κ2) is 8.28. The summed E-state index contributed by atoms with van der Waals surface area (Å²) in [6.07, 6.45) is 0. The molecule has 0 radical (unpaired) electrons. The van der Waals surface area contributed by atoms with E-state index in [1.54, 1.807) is 0 Å². The van der Waals surface area contributed by atoms with E-state index >= 15 is 0 Å². The average molecular weight is 322 g/mol. The molecule has 0 fully saturated rings. The first kappa shape index (κ1) is 17.7. The molecule has 1 atom stereocenters. The number of nitrogens with one attached hydrogen (secondary N) is 1. The number of ether oxygens (including phenoxy) is 1. The molecular formula is C20H22N2O2. The van der Waals surface area contributed by atoms with Crippen molar-refractivity contribution in [1.82, 2.24) is 5.32 Å². The van der Waals surface area contributed by atoms with E-state index in [9.17, 15) is 10.1 Å². The normalized spacial score (nSPS) is 11.8. The van der Waals surface area contributed by atoms with Crippen LogP contribution in [-0.2, 0) is 16.1 Å². The summed E-state index contributed by atoms with van der Waals surface area (Å²) < 4.78 is 4.83. The van der Waals surface area contributed by atoms with Crippen LogP contribution >= 0.6 is 0 Å². The Labute approximate surface area is 143 Å². The first-order valence-corrected chi connectivity index (χ1v) is 7.96. The van der Waals surface area contributed by atoms with Gasteiger partial charge in [0.25, 0.3) is 0 Å². The van der Waals surface area contributed by atoms with E-state index in [0.717, 1.165) is 16.7 Å². The summed E-state index contributed by atoms with van der Waals surface area (Å²) in [6, 6.07) is 17.5. The fourth-order valence-electron chi connectivity index (χ4n) is 2.61. The van der Waals surface area contributed by atoms with Crippen LogP contribution in [0.4, 0.5) is 0 Å². The molecule has 0 bridgehead atoms. The molecule has 0 aromatic heterocycles. The molecule has 2 aromatic carbocycles. The first-order chi connectivity index (χ1) is 11.6. The van der Waals surface area contributed by atoms with Gasteiger partial charge in [-0.2, -0.15) is 5.26 Å². The van der Waals surface area contributed by atoms with Gasteiger partial charge in [0.15, 0.2) is 0 Å². The molecule has 2 aromatic rings. The van der Waals surface area contributed by atoms with Crippen molar-refractivity contribution in [3.63, 3.8) is 0 Å². The smallest absolute Gasteiger partial charge is 0.323 e. The van der Waals surface area contributed by atoms with E-state index in [1.165, 1.54) is 7.11 Å². The monoisotopic (exact) mass is 322 g/mol. The number of carbonyl (C=O) groups is 1. The van der Waals surface area contributed by atoms with Crippen molar-refractivity contribution < 1.29 is 9.53 Å². The molecule has 0 amide bonds. The SMILES string of the molecule is COC(=O)C(NCc1ccc(-c2ccccc2)c(C#N)c1)C(C)C. The Hall–Kier alpha value is -2.64. The minimum atomic E-state index is -0.366. The van der Waals surface area contributed by atoms with Crippen molar-refractivity contribution in [2.24, 2.45) is 5.92 Å². The molecule has 1 N–H and O–H groups in total. The second-order valence-electron chi connectivity index (χ2n) is 5.98. The van der Waals surface area contributed by atoms with Gasteiger partial charge in [-0.15, -0.1) is 0 Å². The molecular weight excluding hydrogens is 300 g/mol. The molecule has 2 rings (SSSR count). The Morgan fingerprint density at radius 1 is 1.21 bits per heavy atom. The summed E-state index contributed by atoms with van der Waals surface area (Å²) >= 11 is 0. The number of hydrogen-bond acceptors (Lipinski definition) is 4. The number of carbonyl (C=O) groups excluding carboxylic acids is 1. The van der Waals surface area contributed by atoms with Crippen LogP contribution in [0.15, 0.2) is 48.5 Å². The molecule has 4 nitrogen and oxygen atoms in total. The number of nitrogens with zero attached hydrogens (tertiary/aromatic N) is 1. The number of esters is 1. The zero-order valence-electron chi connectivity index (χ0n) is 14.2. The summed E-state index contributed by atoms with van der Waals surface area (Å²) in [6.45, 7) is 4.43. The van der Waals surface area contributed by atoms with E-state index in [4.69, 9.17) is 4.74 Å². The average Bonchev–Trinajstić information content (AvgIpc) is 2.61. The highest BCUT2D eigenvalue weighted by molar-refractivity contribution is 5.76. The van der Waals surface area contributed by atoms with Gasteiger partial charge in [0.2, 0.25) is 0 Å². The van der Waals surface area contributed by atoms with Crippen LogP contribution in [0.3, 0.4) is 0 Å². The minimum Gasteiger partial charge on any atom is -0.468 e. The topological polar surface area (TPSA) is 62.1 Å². The van der Waals surface area contributed by atoms with Gasteiger partial charge in [-0.05, 0) is 28.7 Å². The fraction of sp³-hybridized carbons (Fsp3) is 0.300. The zero-order valence-corrected chi connectivity index (χ0v) is 14.2. The van der Waals surface area contributed by atoms with Gasteiger partial charge >= 0.3 is 5.97 Å². The van der Waals surface area contributed by atoms with Crippen molar-refractivity contribution >= 4 is 5.97 Å². The van der Waals surface area contributed by atoms with Crippen molar-refractivity contribution in [3.8, 4) is 17.2 Å².